The fourth-order valence-electron chi connectivity index (χ4n) is 1.23. The third-order valence-electron chi connectivity index (χ3n) is 1.96. The van der Waals surface area contributed by atoms with Crippen molar-refractivity contribution in [1.29, 1.82) is 0 Å². The number of aliphatic hydroxyl groups is 1. The predicted molar refractivity (Wildman–Crippen MR) is 58.8 cm³/mol. The number of sulfonamides is 1. The van der Waals surface area contributed by atoms with Crippen molar-refractivity contribution in [1.82, 2.24) is 0 Å². The summed E-state index contributed by atoms with van der Waals surface area (Å²) in [6, 6.07) is 1.37. The Hall–Kier alpha value is -1.25. The highest BCUT2D eigenvalue weighted by atomic mass is 32.2. The Labute approximate surface area is 97.3 Å². The number of hydrogen-bond donors (Lipinski definition) is 3. The molecule has 0 aliphatic heterocycles. The minimum absolute atomic E-state index is 0.263. The summed E-state index contributed by atoms with van der Waals surface area (Å²) in [6.45, 7) is -0.263. The van der Waals surface area contributed by atoms with Crippen LogP contribution in [0.3, 0.4) is 0 Å². The second-order valence-electron chi connectivity index (χ2n) is 3.48. The van der Waals surface area contributed by atoms with E-state index >= 15 is 0 Å². The van der Waals surface area contributed by atoms with Gasteiger partial charge in [0.1, 0.15) is 11.6 Å². The van der Waals surface area contributed by atoms with E-state index in [0.29, 0.717) is 6.07 Å². The Morgan fingerprint density at radius 3 is 2.47 bits per heavy atom. The zero-order valence-electron chi connectivity index (χ0n) is 8.94. The van der Waals surface area contributed by atoms with Crippen LogP contribution >= 0.6 is 0 Å². The Bertz CT molecular complexity index is 519. The van der Waals surface area contributed by atoms with E-state index in [1.54, 1.807) is 0 Å². The fourth-order valence-corrected chi connectivity index (χ4v) is 1.78. The molecule has 1 aromatic carbocycles. The molecular weight excluding hydrogens is 254 g/mol. The summed E-state index contributed by atoms with van der Waals surface area (Å²) in [5.41, 5.74) is 4.44. The lowest BCUT2D eigenvalue weighted by molar-refractivity contribution is 0.181. The highest BCUT2D eigenvalue weighted by Gasteiger charge is 2.17. The van der Waals surface area contributed by atoms with Gasteiger partial charge in [-0.25, -0.2) is 17.2 Å². The van der Waals surface area contributed by atoms with E-state index in [1.807, 2.05) is 4.72 Å². The van der Waals surface area contributed by atoms with E-state index in [-0.39, 0.29) is 12.1 Å². The van der Waals surface area contributed by atoms with Crippen molar-refractivity contribution in [3.05, 3.63) is 29.3 Å². The molecular formula is C9H12F2N2O3S. The molecule has 0 saturated carbocycles. The molecule has 1 rings (SSSR count). The van der Waals surface area contributed by atoms with Gasteiger partial charge in [-0.1, -0.05) is 0 Å². The molecule has 0 spiro atoms. The van der Waals surface area contributed by atoms with Crippen molar-refractivity contribution in [3.63, 3.8) is 0 Å². The van der Waals surface area contributed by atoms with Gasteiger partial charge in [0.15, 0.2) is 0 Å². The van der Waals surface area contributed by atoms with Gasteiger partial charge in [-0.15, -0.1) is 0 Å². The Morgan fingerprint density at radius 1 is 1.41 bits per heavy atom. The van der Waals surface area contributed by atoms with E-state index in [4.69, 9.17) is 5.73 Å². The molecule has 1 aromatic rings. The molecule has 0 bridgehead atoms. The van der Waals surface area contributed by atoms with Gasteiger partial charge < -0.3 is 10.8 Å². The molecule has 0 saturated heterocycles. The largest absolute Gasteiger partial charge is 0.387 e. The van der Waals surface area contributed by atoms with Crippen molar-refractivity contribution in [2.75, 3.05) is 17.5 Å². The maximum Gasteiger partial charge on any atom is 0.229 e. The zero-order valence-corrected chi connectivity index (χ0v) is 9.76. The molecule has 96 valence electrons. The fraction of sp³-hybridized carbons (Fsp3) is 0.333. The van der Waals surface area contributed by atoms with Crippen molar-refractivity contribution >= 4 is 15.7 Å². The first-order valence-corrected chi connectivity index (χ1v) is 6.48. The van der Waals surface area contributed by atoms with Crippen LogP contribution in [0.25, 0.3) is 0 Å². The number of anilines is 1. The third-order valence-corrected chi connectivity index (χ3v) is 2.55. The molecule has 0 fully saturated rings. The molecule has 0 aliphatic rings. The normalized spacial score (nSPS) is 13.5. The molecule has 1 unspecified atom stereocenters. The Kier molecular flexibility index (Phi) is 4.02. The van der Waals surface area contributed by atoms with Crippen molar-refractivity contribution in [2.24, 2.45) is 5.73 Å². The summed E-state index contributed by atoms with van der Waals surface area (Å²) < 4.78 is 50.3. The number of benzene rings is 1. The number of hydrogen-bond acceptors (Lipinski definition) is 4. The Balaban J connectivity index is 3.24. The number of halogens is 2. The van der Waals surface area contributed by atoms with Gasteiger partial charge in [0.2, 0.25) is 10.0 Å². The van der Waals surface area contributed by atoms with Crippen LogP contribution in [0, 0.1) is 11.6 Å². The topological polar surface area (TPSA) is 92.4 Å². The van der Waals surface area contributed by atoms with E-state index < -0.39 is 33.4 Å². The Morgan fingerprint density at radius 2 is 2.00 bits per heavy atom. The molecule has 0 heterocycles. The summed E-state index contributed by atoms with van der Waals surface area (Å²) in [6.07, 6.45) is -0.495. The molecule has 0 aromatic heterocycles. The van der Waals surface area contributed by atoms with Gasteiger partial charge in [0.25, 0.3) is 0 Å². The maximum absolute atomic E-state index is 13.3. The third kappa shape index (κ3) is 3.62. The first kappa shape index (κ1) is 13.8. The van der Waals surface area contributed by atoms with E-state index in [0.717, 1.165) is 12.3 Å². The van der Waals surface area contributed by atoms with Crippen LogP contribution < -0.4 is 10.5 Å². The van der Waals surface area contributed by atoms with Gasteiger partial charge in [0.05, 0.1) is 18.0 Å². The lowest BCUT2D eigenvalue weighted by atomic mass is 10.1. The molecule has 17 heavy (non-hydrogen) atoms. The van der Waals surface area contributed by atoms with Gasteiger partial charge in [0, 0.05) is 18.2 Å². The number of nitrogens with two attached hydrogens (primary N) is 1. The molecule has 0 radical (unpaired) electrons. The van der Waals surface area contributed by atoms with Gasteiger partial charge in [-0.2, -0.15) is 0 Å². The van der Waals surface area contributed by atoms with E-state index in [2.05, 4.69) is 0 Å². The highest BCUT2D eigenvalue weighted by Crippen LogP contribution is 2.24. The van der Waals surface area contributed by atoms with Crippen LogP contribution in [0.1, 0.15) is 11.7 Å². The minimum atomic E-state index is -3.69. The standard InChI is InChI=1S/C9H12F2N2O3S/c1-17(15,16)13-8-2-5(9(14)4-12)6(10)3-7(8)11/h2-3,9,13-14H,4,12H2,1H3. The van der Waals surface area contributed by atoms with Crippen molar-refractivity contribution in [3.8, 4) is 0 Å². The van der Waals surface area contributed by atoms with Gasteiger partial charge in [-0.3, -0.25) is 4.72 Å². The summed E-state index contributed by atoms with van der Waals surface area (Å²) in [4.78, 5) is 0. The SMILES string of the molecule is CS(=O)(=O)Nc1cc(C(O)CN)c(F)cc1F. The van der Waals surface area contributed by atoms with Crippen LogP contribution in [0.15, 0.2) is 12.1 Å². The smallest absolute Gasteiger partial charge is 0.229 e. The predicted octanol–water partition coefficient (Wildman–Crippen LogP) is 0.328. The summed E-state index contributed by atoms with van der Waals surface area (Å²) in [5.74, 6) is -2.06. The molecule has 0 aliphatic carbocycles. The van der Waals surface area contributed by atoms with Crippen LogP contribution in [0.5, 0.6) is 0 Å². The first-order valence-electron chi connectivity index (χ1n) is 4.59. The molecule has 8 heteroatoms. The summed E-state index contributed by atoms with van der Waals surface area (Å²) in [7, 11) is -3.69. The number of nitrogens with one attached hydrogen (secondary N) is 1. The quantitative estimate of drug-likeness (QED) is 0.732. The minimum Gasteiger partial charge on any atom is -0.387 e. The second kappa shape index (κ2) is 4.94. The van der Waals surface area contributed by atoms with Gasteiger partial charge >= 0.3 is 0 Å². The molecule has 1 atom stereocenters. The molecule has 4 N–H and O–H groups in total. The van der Waals surface area contributed by atoms with Crippen LogP contribution in [0.4, 0.5) is 14.5 Å². The second-order valence-corrected chi connectivity index (χ2v) is 5.23. The average molecular weight is 266 g/mol. The first-order chi connectivity index (χ1) is 7.74. The summed E-state index contributed by atoms with van der Waals surface area (Å²) >= 11 is 0. The van der Waals surface area contributed by atoms with Crippen LogP contribution in [0.2, 0.25) is 0 Å². The lowest BCUT2D eigenvalue weighted by Gasteiger charge is -2.12. The number of rotatable bonds is 4. The average Bonchev–Trinajstić information content (AvgIpc) is 2.19. The zero-order chi connectivity index (χ0) is 13.2. The van der Waals surface area contributed by atoms with Crippen molar-refractivity contribution < 1.29 is 22.3 Å². The van der Waals surface area contributed by atoms with Crippen LogP contribution in [-0.2, 0) is 10.0 Å². The van der Waals surface area contributed by atoms with E-state index in [1.165, 1.54) is 0 Å². The van der Waals surface area contributed by atoms with Crippen molar-refractivity contribution in [2.45, 2.75) is 6.10 Å². The maximum atomic E-state index is 13.3. The summed E-state index contributed by atoms with van der Waals surface area (Å²) in [5, 5.41) is 9.36. The number of aliphatic hydroxyl groups excluding tert-OH is 1. The van der Waals surface area contributed by atoms with Gasteiger partial charge in [-0.05, 0) is 6.07 Å². The monoisotopic (exact) mass is 266 g/mol. The highest BCUT2D eigenvalue weighted by molar-refractivity contribution is 7.92. The molecule has 5 nitrogen and oxygen atoms in total. The van der Waals surface area contributed by atoms with Crippen LogP contribution in [-0.4, -0.2) is 26.3 Å². The van der Waals surface area contributed by atoms with E-state index in [9.17, 15) is 22.3 Å². The molecule has 0 amide bonds. The lowest BCUT2D eigenvalue weighted by Crippen LogP contribution is -2.16.